The molecule has 0 saturated carbocycles. The van der Waals surface area contributed by atoms with E-state index in [-0.39, 0.29) is 17.3 Å². The highest BCUT2D eigenvalue weighted by Gasteiger charge is 2.47. The molecule has 0 aliphatic rings. The summed E-state index contributed by atoms with van der Waals surface area (Å²) in [6.45, 7) is 1.75. The molecule has 0 bridgehead atoms. The molecule has 0 fully saturated rings. The molecule has 2 aromatic rings. The number of hydrogen-bond acceptors (Lipinski definition) is 6. The molecule has 0 aliphatic heterocycles. The van der Waals surface area contributed by atoms with Crippen molar-refractivity contribution in [3.63, 3.8) is 0 Å². The molecule has 13 heteroatoms. The third kappa shape index (κ3) is 7.20. The summed E-state index contributed by atoms with van der Waals surface area (Å²) in [7, 11) is 1.18. The zero-order valence-corrected chi connectivity index (χ0v) is 19.5. The van der Waals surface area contributed by atoms with Crippen molar-refractivity contribution in [2.24, 2.45) is 11.1 Å². The van der Waals surface area contributed by atoms with E-state index in [9.17, 15) is 35.9 Å². The number of alkyl halides is 6. The van der Waals surface area contributed by atoms with E-state index in [2.05, 4.69) is 9.47 Å². The van der Waals surface area contributed by atoms with Crippen LogP contribution in [-0.4, -0.2) is 25.8 Å². The van der Waals surface area contributed by atoms with Crippen molar-refractivity contribution < 1.29 is 50.1 Å². The Labute approximate surface area is 200 Å². The second-order valence-corrected chi connectivity index (χ2v) is 8.87. The lowest BCUT2D eigenvalue weighted by Gasteiger charge is -2.24. The number of benzene rings is 2. The first kappa shape index (κ1) is 28.1. The number of esters is 1. The molecule has 0 saturated heterocycles. The minimum atomic E-state index is -5.42. The van der Waals surface area contributed by atoms with Crippen molar-refractivity contribution in [3.05, 3.63) is 53.1 Å². The van der Waals surface area contributed by atoms with Crippen LogP contribution in [-0.2, 0) is 33.2 Å². The zero-order chi connectivity index (χ0) is 26.6. The van der Waals surface area contributed by atoms with Gasteiger partial charge >= 0.3 is 24.4 Å². The molecule has 2 aromatic carbocycles. The molecule has 6 nitrogen and oxygen atoms in total. The molecule has 1 amide bonds. The van der Waals surface area contributed by atoms with Gasteiger partial charge in [0.1, 0.15) is 19.0 Å². The average molecular weight is 525 g/mol. The van der Waals surface area contributed by atoms with Crippen molar-refractivity contribution in [2.75, 3.05) is 13.7 Å². The van der Waals surface area contributed by atoms with Gasteiger partial charge in [-0.1, -0.05) is 30.0 Å². The first-order valence-corrected chi connectivity index (χ1v) is 10.6. The second-order valence-electron chi connectivity index (χ2n) is 7.79. The molecule has 0 aromatic heterocycles. The SMILES string of the molecule is COC(=O)C(C)(C)COc1ccccc1Sc1ccc(COC(N)=O)c(C(F)(F)F)c1C(F)(F)F. The second kappa shape index (κ2) is 10.7. The van der Waals surface area contributed by atoms with Crippen molar-refractivity contribution >= 4 is 23.8 Å². The Bertz CT molecular complexity index is 1080. The number of halogens is 6. The molecule has 192 valence electrons. The number of primary amides is 1. The monoisotopic (exact) mass is 525 g/mol. The molecule has 0 heterocycles. The van der Waals surface area contributed by atoms with Gasteiger partial charge in [-0.05, 0) is 32.0 Å². The van der Waals surface area contributed by atoms with Crippen molar-refractivity contribution in [3.8, 4) is 5.75 Å². The van der Waals surface area contributed by atoms with Gasteiger partial charge in [-0.25, -0.2) is 4.79 Å². The van der Waals surface area contributed by atoms with Crippen LogP contribution in [0.5, 0.6) is 5.75 Å². The number of nitrogens with two attached hydrogens (primary N) is 1. The minimum absolute atomic E-state index is 0.0531. The van der Waals surface area contributed by atoms with Gasteiger partial charge in [0.05, 0.1) is 28.5 Å². The van der Waals surface area contributed by atoms with E-state index < -0.39 is 58.0 Å². The predicted molar refractivity (Wildman–Crippen MR) is 113 cm³/mol. The van der Waals surface area contributed by atoms with Crippen LogP contribution in [0.4, 0.5) is 31.1 Å². The first-order valence-electron chi connectivity index (χ1n) is 9.78. The molecule has 0 aliphatic carbocycles. The Balaban J connectivity index is 2.55. The lowest BCUT2D eigenvalue weighted by molar-refractivity contribution is -0.164. The Morgan fingerprint density at radius 2 is 1.51 bits per heavy atom. The number of carbonyl (C=O) groups excluding carboxylic acids is 2. The summed E-state index contributed by atoms with van der Waals surface area (Å²) in [6.07, 6.45) is -12.3. The van der Waals surface area contributed by atoms with Gasteiger partial charge < -0.3 is 19.9 Å². The van der Waals surface area contributed by atoms with Gasteiger partial charge in [0.25, 0.3) is 0 Å². The summed E-state index contributed by atoms with van der Waals surface area (Å²) >= 11 is 0.402. The van der Waals surface area contributed by atoms with Crippen LogP contribution in [0, 0.1) is 5.41 Å². The van der Waals surface area contributed by atoms with Crippen LogP contribution in [0.1, 0.15) is 30.5 Å². The Kier molecular flexibility index (Phi) is 8.58. The van der Waals surface area contributed by atoms with Crippen LogP contribution in [0.25, 0.3) is 0 Å². The fraction of sp³-hybridized carbons (Fsp3) is 0.364. The summed E-state index contributed by atoms with van der Waals surface area (Å²) < 4.78 is 97.7. The Hall–Kier alpha value is -3.09. The maximum Gasteiger partial charge on any atom is 0.418 e. The quantitative estimate of drug-likeness (QED) is 0.334. The lowest BCUT2D eigenvalue weighted by atomic mass is 9.95. The minimum Gasteiger partial charge on any atom is -0.491 e. The molecule has 35 heavy (non-hydrogen) atoms. The van der Waals surface area contributed by atoms with Crippen LogP contribution in [0.15, 0.2) is 46.2 Å². The fourth-order valence-electron chi connectivity index (χ4n) is 2.95. The number of rotatable bonds is 8. The molecule has 0 radical (unpaired) electrons. The van der Waals surface area contributed by atoms with Gasteiger partial charge in [0, 0.05) is 10.5 Å². The summed E-state index contributed by atoms with van der Waals surface area (Å²) in [5.41, 5.74) is -1.18. The smallest absolute Gasteiger partial charge is 0.418 e. The largest absolute Gasteiger partial charge is 0.491 e. The zero-order valence-electron chi connectivity index (χ0n) is 18.7. The fourth-order valence-corrected chi connectivity index (χ4v) is 4.02. The average Bonchev–Trinajstić information content (AvgIpc) is 2.75. The molecule has 0 spiro atoms. The number of para-hydroxylation sites is 1. The van der Waals surface area contributed by atoms with E-state index in [0.717, 1.165) is 12.1 Å². The normalized spacial score (nSPS) is 12.3. The molecular formula is C22H21F6NO5S. The van der Waals surface area contributed by atoms with Crippen molar-refractivity contribution in [2.45, 2.75) is 42.6 Å². The highest BCUT2D eigenvalue weighted by Crippen LogP contribution is 2.49. The molecule has 0 unspecified atom stereocenters. The maximum absolute atomic E-state index is 13.9. The van der Waals surface area contributed by atoms with Gasteiger partial charge in [-0.3, -0.25) is 4.79 Å². The van der Waals surface area contributed by atoms with Crippen LogP contribution in [0.2, 0.25) is 0 Å². The van der Waals surface area contributed by atoms with Gasteiger partial charge in [-0.2, -0.15) is 26.3 Å². The Morgan fingerprint density at radius 3 is 2.06 bits per heavy atom. The van der Waals surface area contributed by atoms with E-state index in [4.69, 9.17) is 10.5 Å². The summed E-state index contributed by atoms with van der Waals surface area (Å²) in [5, 5.41) is 0. The van der Waals surface area contributed by atoms with E-state index in [1.165, 1.54) is 45.2 Å². The van der Waals surface area contributed by atoms with E-state index in [0.29, 0.717) is 11.8 Å². The van der Waals surface area contributed by atoms with Gasteiger partial charge in [0.15, 0.2) is 0 Å². The topological polar surface area (TPSA) is 87.8 Å². The summed E-state index contributed by atoms with van der Waals surface area (Å²) in [4.78, 5) is 22.0. The number of carbonyl (C=O) groups is 2. The van der Waals surface area contributed by atoms with Crippen molar-refractivity contribution in [1.82, 2.24) is 0 Å². The standard InChI is InChI=1S/C22H21F6NO5S/c1-20(2,18(30)32-3)11-34-13-6-4-5-7-14(13)35-15-9-8-12(10-33-19(29)31)16(21(23,24)25)17(15)22(26,27)28/h4-9H,10-11H2,1-3H3,(H2,29,31). The van der Waals surface area contributed by atoms with E-state index in [1.807, 2.05) is 0 Å². The molecule has 2 N–H and O–H groups in total. The number of ether oxygens (including phenoxy) is 3. The molecule has 0 atom stereocenters. The van der Waals surface area contributed by atoms with E-state index >= 15 is 0 Å². The van der Waals surface area contributed by atoms with E-state index in [1.54, 1.807) is 0 Å². The van der Waals surface area contributed by atoms with Crippen LogP contribution < -0.4 is 10.5 Å². The summed E-state index contributed by atoms with van der Waals surface area (Å²) in [5.74, 6) is -0.539. The third-order valence-electron chi connectivity index (χ3n) is 4.59. The highest BCUT2D eigenvalue weighted by atomic mass is 32.2. The predicted octanol–water partition coefficient (Wildman–Crippen LogP) is 6.05. The van der Waals surface area contributed by atoms with Crippen molar-refractivity contribution in [1.29, 1.82) is 0 Å². The van der Waals surface area contributed by atoms with Gasteiger partial charge in [-0.15, -0.1) is 0 Å². The highest BCUT2D eigenvalue weighted by molar-refractivity contribution is 7.99. The third-order valence-corrected chi connectivity index (χ3v) is 5.70. The molecular weight excluding hydrogens is 504 g/mol. The maximum atomic E-state index is 13.9. The Morgan fingerprint density at radius 1 is 0.914 bits per heavy atom. The number of hydrogen-bond donors (Lipinski definition) is 1. The van der Waals surface area contributed by atoms with Crippen LogP contribution >= 0.6 is 11.8 Å². The lowest BCUT2D eigenvalue weighted by Crippen LogP contribution is -2.32. The van der Waals surface area contributed by atoms with Crippen LogP contribution in [0.3, 0.4) is 0 Å². The number of methoxy groups -OCH3 is 1. The summed E-state index contributed by atoms with van der Waals surface area (Å²) in [6, 6.07) is 7.38. The molecule has 2 rings (SSSR count). The first-order chi connectivity index (χ1) is 16.1. The number of amides is 1. The van der Waals surface area contributed by atoms with Gasteiger partial charge in [0.2, 0.25) is 0 Å².